The summed E-state index contributed by atoms with van der Waals surface area (Å²) in [4.78, 5) is 0. The van der Waals surface area contributed by atoms with Crippen molar-refractivity contribution in [2.24, 2.45) is 0 Å². The number of aromatic nitrogens is 3. The summed E-state index contributed by atoms with van der Waals surface area (Å²) in [6.45, 7) is 3.95. The van der Waals surface area contributed by atoms with Gasteiger partial charge in [-0.2, -0.15) is 0 Å². The summed E-state index contributed by atoms with van der Waals surface area (Å²) in [5, 5.41) is 18.0. The van der Waals surface area contributed by atoms with Gasteiger partial charge in [0.1, 0.15) is 6.61 Å². The molecule has 2 aromatic rings. The molecule has 4 nitrogen and oxygen atoms in total. The normalized spacial score (nSPS) is 11.1. The van der Waals surface area contributed by atoms with Crippen molar-refractivity contribution in [3.63, 3.8) is 0 Å². The summed E-state index contributed by atoms with van der Waals surface area (Å²) in [5.41, 5.74) is 0.940. The average molecular weight is 252 g/mol. The number of halogens is 1. The van der Waals surface area contributed by atoms with Crippen molar-refractivity contribution in [2.75, 3.05) is 0 Å². The van der Waals surface area contributed by atoms with E-state index in [0.717, 1.165) is 11.4 Å². The van der Waals surface area contributed by atoms with Gasteiger partial charge in [-0.3, -0.25) is 0 Å². The first-order chi connectivity index (χ1) is 8.13. The zero-order valence-corrected chi connectivity index (χ0v) is 10.5. The third-order valence-electron chi connectivity index (χ3n) is 2.53. The highest BCUT2D eigenvalue weighted by atomic mass is 35.5. The molecule has 90 valence electrons. The molecule has 0 spiro atoms. The van der Waals surface area contributed by atoms with Gasteiger partial charge in [-0.1, -0.05) is 11.6 Å². The van der Waals surface area contributed by atoms with Gasteiger partial charge in [-0.05, 0) is 38.1 Å². The van der Waals surface area contributed by atoms with Crippen LogP contribution in [0.4, 0.5) is 0 Å². The zero-order chi connectivity index (χ0) is 12.4. The maximum Gasteiger partial charge on any atom is 0.164 e. The fourth-order valence-corrected chi connectivity index (χ4v) is 1.90. The van der Waals surface area contributed by atoms with Crippen LogP contribution in [0.2, 0.25) is 5.02 Å². The van der Waals surface area contributed by atoms with Crippen molar-refractivity contribution in [3.8, 4) is 11.4 Å². The molecule has 0 fully saturated rings. The first kappa shape index (κ1) is 12.1. The Hall–Kier alpha value is -1.39. The summed E-state index contributed by atoms with van der Waals surface area (Å²) in [7, 11) is 0. The summed E-state index contributed by atoms with van der Waals surface area (Å²) in [6, 6.07) is 7.61. The van der Waals surface area contributed by atoms with Crippen LogP contribution in [0.25, 0.3) is 11.4 Å². The molecular weight excluding hydrogens is 238 g/mol. The lowest BCUT2D eigenvalue weighted by Crippen LogP contribution is -2.08. The van der Waals surface area contributed by atoms with Gasteiger partial charge in [0.2, 0.25) is 0 Å². The van der Waals surface area contributed by atoms with Crippen molar-refractivity contribution in [2.45, 2.75) is 26.5 Å². The van der Waals surface area contributed by atoms with E-state index < -0.39 is 0 Å². The lowest BCUT2D eigenvalue weighted by Gasteiger charge is -2.13. The van der Waals surface area contributed by atoms with Gasteiger partial charge in [0.05, 0.1) is 0 Å². The molecule has 0 saturated heterocycles. The van der Waals surface area contributed by atoms with Gasteiger partial charge in [-0.25, -0.2) is 0 Å². The first-order valence-electron chi connectivity index (χ1n) is 5.44. The van der Waals surface area contributed by atoms with Crippen molar-refractivity contribution >= 4 is 11.6 Å². The fraction of sp³-hybridized carbons (Fsp3) is 0.333. The molecule has 0 saturated carbocycles. The molecule has 0 bridgehead atoms. The van der Waals surface area contributed by atoms with Gasteiger partial charge in [-0.15, -0.1) is 10.2 Å². The van der Waals surface area contributed by atoms with Crippen molar-refractivity contribution in [3.05, 3.63) is 35.1 Å². The highest BCUT2D eigenvalue weighted by Gasteiger charge is 2.15. The predicted molar refractivity (Wildman–Crippen MR) is 66.8 cm³/mol. The minimum atomic E-state index is -0.112. The van der Waals surface area contributed by atoms with Crippen molar-refractivity contribution < 1.29 is 5.11 Å². The summed E-state index contributed by atoms with van der Waals surface area (Å²) in [5.74, 6) is 1.32. The molecular formula is C12H14ClN3O. The molecule has 0 aliphatic carbocycles. The molecule has 0 aliphatic rings. The smallest absolute Gasteiger partial charge is 0.164 e. The topological polar surface area (TPSA) is 50.9 Å². The van der Waals surface area contributed by atoms with Crippen LogP contribution in [-0.4, -0.2) is 19.9 Å². The van der Waals surface area contributed by atoms with E-state index in [0.29, 0.717) is 10.8 Å². The zero-order valence-electron chi connectivity index (χ0n) is 9.76. The van der Waals surface area contributed by atoms with Crippen LogP contribution in [-0.2, 0) is 6.61 Å². The Kier molecular flexibility index (Phi) is 3.45. The molecule has 2 rings (SSSR count). The predicted octanol–water partition coefficient (Wildman–Crippen LogP) is 2.67. The average Bonchev–Trinajstić information content (AvgIpc) is 2.73. The Morgan fingerprint density at radius 2 is 1.88 bits per heavy atom. The molecule has 0 aliphatic heterocycles. The van der Waals surface area contributed by atoms with Crippen LogP contribution in [0.5, 0.6) is 0 Å². The highest BCUT2D eigenvalue weighted by Crippen LogP contribution is 2.23. The lowest BCUT2D eigenvalue weighted by atomic mass is 10.2. The Labute approximate surface area is 105 Å². The molecule has 0 radical (unpaired) electrons. The van der Waals surface area contributed by atoms with E-state index in [9.17, 15) is 5.11 Å². The largest absolute Gasteiger partial charge is 0.388 e. The molecule has 5 heteroatoms. The minimum Gasteiger partial charge on any atom is -0.388 e. The van der Waals surface area contributed by atoms with Crippen LogP contribution in [0, 0.1) is 0 Å². The van der Waals surface area contributed by atoms with Crippen LogP contribution in [0.3, 0.4) is 0 Å². The van der Waals surface area contributed by atoms with Gasteiger partial charge in [0.15, 0.2) is 11.6 Å². The number of aliphatic hydroxyl groups is 1. The van der Waals surface area contributed by atoms with E-state index in [1.165, 1.54) is 0 Å². The lowest BCUT2D eigenvalue weighted by molar-refractivity contribution is 0.262. The molecule has 17 heavy (non-hydrogen) atoms. The van der Waals surface area contributed by atoms with Crippen LogP contribution >= 0.6 is 11.6 Å². The van der Waals surface area contributed by atoms with E-state index in [4.69, 9.17) is 11.6 Å². The van der Waals surface area contributed by atoms with E-state index in [1.807, 2.05) is 42.7 Å². The molecule has 1 aromatic heterocycles. The Balaban J connectivity index is 2.51. The molecule has 1 aromatic carbocycles. The summed E-state index contributed by atoms with van der Waals surface area (Å²) < 4.78 is 1.92. The molecule has 1 N–H and O–H groups in total. The number of rotatable bonds is 3. The number of hydrogen-bond acceptors (Lipinski definition) is 3. The second-order valence-corrected chi connectivity index (χ2v) is 4.51. The second-order valence-electron chi connectivity index (χ2n) is 4.07. The van der Waals surface area contributed by atoms with Crippen LogP contribution in [0.1, 0.15) is 25.7 Å². The third kappa shape index (κ3) is 2.33. The van der Waals surface area contributed by atoms with Gasteiger partial charge in [0.25, 0.3) is 0 Å². The molecule has 0 atom stereocenters. The Bertz CT molecular complexity index is 505. The van der Waals surface area contributed by atoms with Crippen molar-refractivity contribution in [1.82, 2.24) is 14.8 Å². The van der Waals surface area contributed by atoms with E-state index >= 15 is 0 Å². The van der Waals surface area contributed by atoms with Gasteiger partial charge < -0.3 is 9.67 Å². The van der Waals surface area contributed by atoms with E-state index in [-0.39, 0.29) is 12.6 Å². The second kappa shape index (κ2) is 4.85. The van der Waals surface area contributed by atoms with E-state index in [2.05, 4.69) is 10.2 Å². The monoisotopic (exact) mass is 251 g/mol. The minimum absolute atomic E-state index is 0.112. The third-order valence-corrected chi connectivity index (χ3v) is 2.78. The Morgan fingerprint density at radius 3 is 2.41 bits per heavy atom. The number of benzene rings is 1. The van der Waals surface area contributed by atoms with Crippen LogP contribution in [0.15, 0.2) is 24.3 Å². The summed E-state index contributed by atoms with van der Waals surface area (Å²) >= 11 is 5.85. The number of nitrogens with zero attached hydrogens (tertiary/aromatic N) is 3. The summed E-state index contributed by atoms with van der Waals surface area (Å²) in [6.07, 6.45) is 0. The number of hydrogen-bond donors (Lipinski definition) is 1. The first-order valence-corrected chi connectivity index (χ1v) is 5.82. The van der Waals surface area contributed by atoms with Gasteiger partial charge in [0, 0.05) is 16.6 Å². The quantitative estimate of drug-likeness (QED) is 0.913. The van der Waals surface area contributed by atoms with E-state index in [1.54, 1.807) is 0 Å². The molecule has 1 heterocycles. The highest BCUT2D eigenvalue weighted by molar-refractivity contribution is 6.30. The standard InChI is InChI=1S/C12H14ClN3O/c1-8(2)16-11(7-17)14-15-12(16)9-3-5-10(13)6-4-9/h3-6,8,17H,7H2,1-2H3. The van der Waals surface area contributed by atoms with Gasteiger partial charge >= 0.3 is 0 Å². The maximum absolute atomic E-state index is 9.23. The fourth-order valence-electron chi connectivity index (χ4n) is 1.77. The maximum atomic E-state index is 9.23. The Morgan fingerprint density at radius 1 is 1.24 bits per heavy atom. The number of aliphatic hydroxyl groups excluding tert-OH is 1. The molecule has 0 amide bonds. The van der Waals surface area contributed by atoms with Crippen LogP contribution < -0.4 is 0 Å². The molecule has 0 unspecified atom stereocenters. The van der Waals surface area contributed by atoms with Crippen molar-refractivity contribution in [1.29, 1.82) is 0 Å². The SMILES string of the molecule is CC(C)n1c(CO)nnc1-c1ccc(Cl)cc1.